The van der Waals surface area contributed by atoms with Crippen LogP contribution in [-0.2, 0) is 11.8 Å². The third-order valence-corrected chi connectivity index (χ3v) is 4.70. The van der Waals surface area contributed by atoms with Crippen molar-refractivity contribution < 1.29 is 9.53 Å². The average Bonchev–Trinajstić information content (AvgIpc) is 3.25. The van der Waals surface area contributed by atoms with E-state index < -0.39 is 6.09 Å². The molecule has 0 unspecified atom stereocenters. The lowest BCUT2D eigenvalue weighted by molar-refractivity contribution is 0.144. The van der Waals surface area contributed by atoms with E-state index in [0.717, 1.165) is 5.69 Å². The highest BCUT2D eigenvalue weighted by Gasteiger charge is 2.28. The first-order valence-corrected chi connectivity index (χ1v) is 8.80. The van der Waals surface area contributed by atoms with Crippen molar-refractivity contribution in [3.05, 3.63) is 77.6 Å². The third kappa shape index (κ3) is 3.42. The maximum atomic E-state index is 12.0. The summed E-state index contributed by atoms with van der Waals surface area (Å²) < 4.78 is 7.15. The fraction of sp³-hybridized carbons (Fsp3) is 0.182. The van der Waals surface area contributed by atoms with Crippen LogP contribution in [0, 0.1) is 11.8 Å². The second kappa shape index (κ2) is 7.38. The first-order valence-electron chi connectivity index (χ1n) is 8.80. The molecule has 0 saturated heterocycles. The van der Waals surface area contributed by atoms with Gasteiger partial charge in [0.2, 0.25) is 0 Å². The zero-order valence-corrected chi connectivity index (χ0v) is 15.0. The summed E-state index contributed by atoms with van der Waals surface area (Å²) in [6.45, 7) is 0.525. The Morgan fingerprint density at radius 1 is 1.11 bits per heavy atom. The molecule has 0 atom stereocenters. The molecule has 0 spiro atoms. The molecule has 0 radical (unpaired) electrons. The van der Waals surface area contributed by atoms with E-state index in [1.54, 1.807) is 10.9 Å². The molecule has 0 fully saturated rings. The van der Waals surface area contributed by atoms with Crippen molar-refractivity contribution in [3.63, 3.8) is 0 Å². The summed E-state index contributed by atoms with van der Waals surface area (Å²) in [7, 11) is 1.82. The molecule has 0 saturated carbocycles. The zero-order chi connectivity index (χ0) is 18.6. The van der Waals surface area contributed by atoms with Gasteiger partial charge in [-0.25, -0.2) is 4.79 Å². The first-order chi connectivity index (χ1) is 13.2. The molecule has 4 rings (SSSR count). The Balaban J connectivity index is 1.37. The molecular formula is C22H19N3O2. The van der Waals surface area contributed by atoms with Crippen molar-refractivity contribution in [2.24, 2.45) is 7.05 Å². The Morgan fingerprint density at radius 3 is 2.41 bits per heavy atom. The number of fused-ring (bicyclic) bond motifs is 3. The number of benzene rings is 2. The van der Waals surface area contributed by atoms with Crippen LogP contribution in [0.15, 0.2) is 60.8 Å². The number of carbonyl (C=O) groups excluding carboxylic acids is 1. The van der Waals surface area contributed by atoms with Gasteiger partial charge in [-0.1, -0.05) is 54.5 Å². The number of alkyl carbamates (subject to hydrolysis) is 1. The quantitative estimate of drug-likeness (QED) is 0.732. The highest BCUT2D eigenvalue weighted by molar-refractivity contribution is 5.79. The van der Waals surface area contributed by atoms with Crippen LogP contribution in [-0.4, -0.2) is 29.0 Å². The van der Waals surface area contributed by atoms with Crippen LogP contribution in [0.2, 0.25) is 0 Å². The highest BCUT2D eigenvalue weighted by atomic mass is 16.5. The Morgan fingerprint density at radius 2 is 1.78 bits per heavy atom. The Bertz CT molecular complexity index is 997. The number of aryl methyl sites for hydroxylation is 1. The number of hydrogen-bond acceptors (Lipinski definition) is 3. The van der Waals surface area contributed by atoms with Crippen molar-refractivity contribution in [3.8, 4) is 23.0 Å². The van der Waals surface area contributed by atoms with Crippen LogP contribution in [0.1, 0.15) is 22.7 Å². The molecule has 27 heavy (non-hydrogen) atoms. The maximum absolute atomic E-state index is 12.0. The summed E-state index contributed by atoms with van der Waals surface area (Å²) in [5.74, 6) is 5.91. The normalized spacial score (nSPS) is 11.9. The van der Waals surface area contributed by atoms with Gasteiger partial charge in [0.25, 0.3) is 0 Å². The summed E-state index contributed by atoms with van der Waals surface area (Å²) >= 11 is 0. The molecule has 5 heteroatoms. The van der Waals surface area contributed by atoms with E-state index in [-0.39, 0.29) is 12.5 Å². The second-order valence-electron chi connectivity index (χ2n) is 6.32. The van der Waals surface area contributed by atoms with Crippen LogP contribution in [0.5, 0.6) is 0 Å². The molecule has 1 aliphatic rings. The van der Waals surface area contributed by atoms with E-state index in [0.29, 0.717) is 6.61 Å². The Labute approximate surface area is 158 Å². The Kier molecular flexibility index (Phi) is 4.63. The van der Waals surface area contributed by atoms with Gasteiger partial charge in [-0.15, -0.1) is 0 Å². The lowest BCUT2D eigenvalue weighted by atomic mass is 9.98. The minimum atomic E-state index is -0.462. The first kappa shape index (κ1) is 16.9. The molecule has 1 aliphatic carbocycles. The van der Waals surface area contributed by atoms with E-state index in [9.17, 15) is 4.79 Å². The van der Waals surface area contributed by atoms with E-state index in [2.05, 4.69) is 46.5 Å². The smallest absolute Gasteiger partial charge is 0.407 e. The van der Waals surface area contributed by atoms with Crippen molar-refractivity contribution in [1.82, 2.24) is 15.1 Å². The van der Waals surface area contributed by atoms with Crippen molar-refractivity contribution in [2.45, 2.75) is 5.92 Å². The average molecular weight is 357 g/mol. The molecule has 5 nitrogen and oxygen atoms in total. The number of nitrogens with one attached hydrogen (secondary N) is 1. The molecule has 0 bridgehead atoms. The van der Waals surface area contributed by atoms with E-state index in [1.807, 2.05) is 37.4 Å². The summed E-state index contributed by atoms with van der Waals surface area (Å²) in [5, 5.41) is 6.71. The fourth-order valence-electron chi connectivity index (χ4n) is 3.40. The SMILES string of the molecule is Cn1nccc1C#CCNC(=O)OCC1c2ccccc2-c2ccccc21. The van der Waals surface area contributed by atoms with Gasteiger partial charge in [-0.05, 0) is 34.2 Å². The standard InChI is InChI=1S/C22H19N3O2/c1-25-16(12-14-24-25)7-6-13-23-22(26)27-15-21-19-10-4-2-8-17(19)18-9-3-5-11-20(18)21/h2-5,8-12,14,21H,13,15H2,1H3,(H,23,26). The van der Waals surface area contributed by atoms with Crippen LogP contribution >= 0.6 is 0 Å². The number of aromatic nitrogens is 2. The maximum Gasteiger partial charge on any atom is 0.407 e. The van der Waals surface area contributed by atoms with E-state index in [1.165, 1.54) is 22.3 Å². The zero-order valence-electron chi connectivity index (χ0n) is 15.0. The van der Waals surface area contributed by atoms with Gasteiger partial charge in [0.1, 0.15) is 12.3 Å². The topological polar surface area (TPSA) is 56.2 Å². The van der Waals surface area contributed by atoms with Gasteiger partial charge in [-0.3, -0.25) is 4.68 Å². The van der Waals surface area contributed by atoms with Crippen molar-refractivity contribution >= 4 is 6.09 Å². The number of carbonyl (C=O) groups is 1. The second-order valence-corrected chi connectivity index (χ2v) is 6.32. The Hall–Kier alpha value is -3.52. The fourth-order valence-corrected chi connectivity index (χ4v) is 3.40. The van der Waals surface area contributed by atoms with Gasteiger partial charge in [-0.2, -0.15) is 5.10 Å². The summed E-state index contributed by atoms with van der Waals surface area (Å²) in [5.41, 5.74) is 5.61. The lowest BCUT2D eigenvalue weighted by Gasteiger charge is -2.14. The molecule has 1 amide bonds. The minimum absolute atomic E-state index is 0.0590. The molecular weight excluding hydrogens is 338 g/mol. The predicted octanol–water partition coefficient (Wildman–Crippen LogP) is 3.31. The van der Waals surface area contributed by atoms with Gasteiger partial charge < -0.3 is 10.1 Å². The van der Waals surface area contributed by atoms with Gasteiger partial charge >= 0.3 is 6.09 Å². The molecule has 0 aliphatic heterocycles. The van der Waals surface area contributed by atoms with Gasteiger partial charge in [0, 0.05) is 13.0 Å². The number of amides is 1. The lowest BCUT2D eigenvalue weighted by Crippen LogP contribution is -2.26. The van der Waals surface area contributed by atoms with Gasteiger partial charge in [0.15, 0.2) is 0 Å². The van der Waals surface area contributed by atoms with E-state index >= 15 is 0 Å². The number of rotatable bonds is 3. The van der Waals surface area contributed by atoms with Gasteiger partial charge in [0.05, 0.1) is 12.7 Å². The number of ether oxygens (including phenoxy) is 1. The van der Waals surface area contributed by atoms with Crippen LogP contribution in [0.25, 0.3) is 11.1 Å². The summed E-state index contributed by atoms with van der Waals surface area (Å²) in [6.07, 6.45) is 1.22. The summed E-state index contributed by atoms with van der Waals surface area (Å²) in [6, 6.07) is 18.3. The van der Waals surface area contributed by atoms with E-state index in [4.69, 9.17) is 4.74 Å². The molecule has 3 aromatic rings. The third-order valence-electron chi connectivity index (χ3n) is 4.70. The highest BCUT2D eigenvalue weighted by Crippen LogP contribution is 2.44. The molecule has 134 valence electrons. The largest absolute Gasteiger partial charge is 0.449 e. The monoisotopic (exact) mass is 357 g/mol. The van der Waals surface area contributed by atoms with Crippen molar-refractivity contribution in [1.29, 1.82) is 0 Å². The van der Waals surface area contributed by atoms with Crippen LogP contribution in [0.3, 0.4) is 0 Å². The minimum Gasteiger partial charge on any atom is -0.449 e. The molecule has 2 aromatic carbocycles. The molecule has 1 N–H and O–H groups in total. The number of hydrogen-bond donors (Lipinski definition) is 1. The van der Waals surface area contributed by atoms with Crippen molar-refractivity contribution in [2.75, 3.05) is 13.2 Å². The van der Waals surface area contributed by atoms with Crippen LogP contribution in [0.4, 0.5) is 4.79 Å². The predicted molar refractivity (Wildman–Crippen MR) is 103 cm³/mol. The molecule has 1 heterocycles. The van der Waals surface area contributed by atoms with Crippen LogP contribution < -0.4 is 5.32 Å². The summed E-state index contributed by atoms with van der Waals surface area (Å²) in [4.78, 5) is 12.0. The number of nitrogens with zero attached hydrogens (tertiary/aromatic N) is 2. The molecule has 1 aromatic heterocycles.